The molecule has 3 aromatic carbocycles. The van der Waals surface area contributed by atoms with Crippen LogP contribution in [0.25, 0.3) is 11.1 Å². The van der Waals surface area contributed by atoms with Gasteiger partial charge in [0.1, 0.15) is 11.8 Å². The summed E-state index contributed by atoms with van der Waals surface area (Å²) in [5.41, 5.74) is 3.51. The van der Waals surface area contributed by atoms with Crippen LogP contribution < -0.4 is 20.7 Å². The number of benzene rings is 3. The van der Waals surface area contributed by atoms with Gasteiger partial charge in [-0.1, -0.05) is 68.0 Å². The van der Waals surface area contributed by atoms with E-state index in [2.05, 4.69) is 16.0 Å². The van der Waals surface area contributed by atoms with E-state index in [1.54, 1.807) is 19.2 Å². The van der Waals surface area contributed by atoms with Crippen molar-refractivity contribution in [3.8, 4) is 16.9 Å². The third-order valence-electron chi connectivity index (χ3n) is 7.08. The molecule has 0 aromatic heterocycles. The number of amides is 2. The largest absolute Gasteiger partial charge is 0.497 e. The predicted molar refractivity (Wildman–Crippen MR) is 154 cm³/mol. The maximum absolute atomic E-state index is 13.2. The normalized spacial score (nSPS) is 14.4. The van der Waals surface area contributed by atoms with Gasteiger partial charge in [0.05, 0.1) is 7.11 Å². The first-order valence-electron chi connectivity index (χ1n) is 13.3. The van der Waals surface area contributed by atoms with E-state index in [0.717, 1.165) is 35.4 Å². The van der Waals surface area contributed by atoms with Gasteiger partial charge < -0.3 is 20.7 Å². The van der Waals surface area contributed by atoms with E-state index in [-0.39, 0.29) is 11.8 Å². The van der Waals surface area contributed by atoms with Crippen LogP contribution in [0.3, 0.4) is 0 Å². The van der Waals surface area contributed by atoms with Crippen LogP contribution in [0, 0.1) is 5.92 Å². The summed E-state index contributed by atoms with van der Waals surface area (Å²) in [5.74, 6) is 0.868. The Hall–Kier alpha value is -3.51. The number of nitrogens with one attached hydrogen (secondary N) is 3. The van der Waals surface area contributed by atoms with Crippen LogP contribution in [0.5, 0.6) is 5.75 Å². The number of carbonyl (C=O) groups is 2. The van der Waals surface area contributed by atoms with E-state index in [9.17, 15) is 9.59 Å². The molecular formula is C31H36ClN3O3. The highest BCUT2D eigenvalue weighted by Crippen LogP contribution is 2.28. The summed E-state index contributed by atoms with van der Waals surface area (Å²) in [6, 6.07) is 22.1. The number of carbonyl (C=O) groups excluding carboxylic acids is 2. The fourth-order valence-corrected chi connectivity index (χ4v) is 5.04. The van der Waals surface area contributed by atoms with Crippen molar-refractivity contribution in [2.45, 2.75) is 44.6 Å². The van der Waals surface area contributed by atoms with Crippen molar-refractivity contribution in [3.05, 3.63) is 83.4 Å². The minimum atomic E-state index is -0.567. The van der Waals surface area contributed by atoms with Gasteiger partial charge in [0.2, 0.25) is 5.91 Å². The summed E-state index contributed by atoms with van der Waals surface area (Å²) in [5, 5.41) is 10.0. The predicted octanol–water partition coefficient (Wildman–Crippen LogP) is 6.31. The molecule has 2 amide bonds. The minimum absolute atomic E-state index is 0.141. The first-order valence-corrected chi connectivity index (χ1v) is 13.7. The lowest BCUT2D eigenvalue weighted by Crippen LogP contribution is -2.48. The number of ether oxygens (including phenoxy) is 1. The lowest BCUT2D eigenvalue weighted by Gasteiger charge is -2.26. The fourth-order valence-electron chi connectivity index (χ4n) is 4.91. The molecular weight excluding hydrogens is 498 g/mol. The van der Waals surface area contributed by atoms with Gasteiger partial charge in [-0.05, 0) is 72.0 Å². The van der Waals surface area contributed by atoms with E-state index in [1.807, 2.05) is 60.7 Å². The molecule has 1 atom stereocenters. The average Bonchev–Trinajstić information content (AvgIpc) is 2.96. The van der Waals surface area contributed by atoms with Crippen molar-refractivity contribution < 1.29 is 14.3 Å². The summed E-state index contributed by atoms with van der Waals surface area (Å²) in [6.45, 7) is 1.03. The molecule has 0 spiro atoms. The van der Waals surface area contributed by atoms with Crippen molar-refractivity contribution in [3.63, 3.8) is 0 Å². The van der Waals surface area contributed by atoms with Crippen LogP contribution >= 0.6 is 11.6 Å². The van der Waals surface area contributed by atoms with Gasteiger partial charge >= 0.3 is 0 Å². The lowest BCUT2D eigenvalue weighted by molar-refractivity contribution is -0.123. The molecule has 1 fully saturated rings. The van der Waals surface area contributed by atoms with Crippen LogP contribution in [-0.2, 0) is 4.79 Å². The lowest BCUT2D eigenvalue weighted by atomic mass is 9.84. The second kappa shape index (κ2) is 13.9. The zero-order valence-corrected chi connectivity index (χ0v) is 22.6. The summed E-state index contributed by atoms with van der Waals surface area (Å²) in [7, 11) is 1.64. The van der Waals surface area contributed by atoms with Crippen LogP contribution in [0.1, 0.15) is 48.9 Å². The molecule has 200 valence electrons. The summed E-state index contributed by atoms with van der Waals surface area (Å²) < 4.78 is 5.18. The van der Waals surface area contributed by atoms with Gasteiger partial charge in [0.15, 0.2) is 0 Å². The van der Waals surface area contributed by atoms with Crippen molar-refractivity contribution in [2.75, 3.05) is 25.5 Å². The summed E-state index contributed by atoms with van der Waals surface area (Å²) >= 11 is 5.99. The molecule has 7 heteroatoms. The highest BCUT2D eigenvalue weighted by molar-refractivity contribution is 6.30. The molecule has 0 saturated heterocycles. The molecule has 3 aromatic rings. The number of hydrogen-bond acceptors (Lipinski definition) is 4. The zero-order valence-electron chi connectivity index (χ0n) is 21.8. The SMILES string of the molecule is COc1ccc(NCCNC(=O)C(CC2CCCCC2)NC(=O)c2ccc(-c3ccc(Cl)cc3)cc2)cc1. The Labute approximate surface area is 230 Å². The summed E-state index contributed by atoms with van der Waals surface area (Å²) in [4.78, 5) is 26.3. The number of anilines is 1. The highest BCUT2D eigenvalue weighted by Gasteiger charge is 2.26. The van der Waals surface area contributed by atoms with Gasteiger partial charge in [0, 0.05) is 29.4 Å². The van der Waals surface area contributed by atoms with Gasteiger partial charge in [-0.3, -0.25) is 9.59 Å². The second-order valence-electron chi connectivity index (χ2n) is 9.80. The first kappa shape index (κ1) is 27.5. The topological polar surface area (TPSA) is 79.5 Å². The monoisotopic (exact) mass is 533 g/mol. The molecule has 1 unspecified atom stereocenters. The molecule has 0 aliphatic heterocycles. The van der Waals surface area contributed by atoms with Gasteiger partial charge in [0.25, 0.3) is 5.91 Å². The third-order valence-corrected chi connectivity index (χ3v) is 7.34. The number of halogens is 1. The Bertz CT molecular complexity index is 1170. The smallest absolute Gasteiger partial charge is 0.251 e. The maximum atomic E-state index is 13.2. The van der Waals surface area contributed by atoms with E-state index in [4.69, 9.17) is 16.3 Å². The van der Waals surface area contributed by atoms with Gasteiger partial charge in [-0.2, -0.15) is 0 Å². The van der Waals surface area contributed by atoms with E-state index in [0.29, 0.717) is 36.0 Å². The molecule has 1 aliphatic carbocycles. The maximum Gasteiger partial charge on any atom is 0.251 e. The Morgan fingerprint density at radius 3 is 2.13 bits per heavy atom. The van der Waals surface area contributed by atoms with Crippen LogP contribution in [0.4, 0.5) is 5.69 Å². The standard InChI is InChI=1S/C31H36ClN3O3/c1-38-28-17-15-27(16-18-28)33-19-20-34-31(37)29(21-22-5-3-2-4-6-22)35-30(36)25-9-7-23(8-10-25)24-11-13-26(32)14-12-24/h7-18,22,29,33H,2-6,19-21H2,1H3,(H,34,37)(H,35,36). The first-order chi connectivity index (χ1) is 18.5. The molecule has 1 saturated carbocycles. The number of rotatable bonds is 11. The Morgan fingerprint density at radius 2 is 1.50 bits per heavy atom. The van der Waals surface area contributed by atoms with Crippen LogP contribution in [-0.4, -0.2) is 38.1 Å². The Morgan fingerprint density at radius 1 is 0.868 bits per heavy atom. The average molecular weight is 534 g/mol. The molecule has 38 heavy (non-hydrogen) atoms. The number of hydrogen-bond donors (Lipinski definition) is 3. The fraction of sp³-hybridized carbons (Fsp3) is 0.355. The summed E-state index contributed by atoms with van der Waals surface area (Å²) in [6.07, 6.45) is 6.49. The van der Waals surface area contributed by atoms with Crippen LogP contribution in [0.15, 0.2) is 72.8 Å². The van der Waals surface area contributed by atoms with E-state index in [1.165, 1.54) is 19.3 Å². The van der Waals surface area contributed by atoms with E-state index >= 15 is 0 Å². The van der Waals surface area contributed by atoms with Gasteiger partial charge in [-0.15, -0.1) is 0 Å². The number of methoxy groups -OCH3 is 1. The molecule has 6 nitrogen and oxygen atoms in total. The van der Waals surface area contributed by atoms with Crippen molar-refractivity contribution in [1.29, 1.82) is 0 Å². The Balaban J connectivity index is 1.34. The minimum Gasteiger partial charge on any atom is -0.497 e. The Kier molecular flexibility index (Phi) is 10.0. The van der Waals surface area contributed by atoms with Crippen LogP contribution in [0.2, 0.25) is 5.02 Å². The molecule has 4 rings (SSSR count). The van der Waals surface area contributed by atoms with Crippen molar-refractivity contribution >= 4 is 29.1 Å². The van der Waals surface area contributed by atoms with Crippen molar-refractivity contribution in [1.82, 2.24) is 10.6 Å². The second-order valence-corrected chi connectivity index (χ2v) is 10.2. The highest BCUT2D eigenvalue weighted by atomic mass is 35.5. The quantitative estimate of drug-likeness (QED) is 0.252. The van der Waals surface area contributed by atoms with Crippen molar-refractivity contribution in [2.24, 2.45) is 5.92 Å². The zero-order chi connectivity index (χ0) is 26.7. The third kappa shape index (κ3) is 7.99. The molecule has 0 radical (unpaired) electrons. The molecule has 0 heterocycles. The molecule has 1 aliphatic rings. The van der Waals surface area contributed by atoms with E-state index < -0.39 is 6.04 Å². The van der Waals surface area contributed by atoms with Gasteiger partial charge in [-0.25, -0.2) is 0 Å². The molecule has 3 N–H and O–H groups in total. The molecule has 0 bridgehead atoms.